The molecule has 0 saturated carbocycles. The molecule has 3 aliphatic rings. The van der Waals surface area contributed by atoms with Crippen molar-refractivity contribution < 1.29 is 37.3 Å². The van der Waals surface area contributed by atoms with Crippen LogP contribution in [0.4, 0.5) is 13.2 Å². The van der Waals surface area contributed by atoms with Gasteiger partial charge in [0.1, 0.15) is 23.1 Å². The standard InChI is InChI=1S/C27H23F3N6O5/c28-27(29,30)14-41-17-2-3-18-16(7-17)5-6-26(18)8-19-21(23(37)34-26)22(24(38)33-11-25(39)12-40-13-25)36(35-19)20-4-1-15(9-31)10-32-20/h1-4,7,10,39H,5-6,8,11-14H2,(H,33,38)(H,34,37)/t26-/m0/s1. The molecule has 0 bridgehead atoms. The van der Waals surface area contributed by atoms with Crippen LogP contribution in [0, 0.1) is 11.3 Å². The summed E-state index contributed by atoms with van der Waals surface area (Å²) < 4.78 is 49.0. The van der Waals surface area contributed by atoms with Crippen LogP contribution in [-0.4, -0.2) is 69.8 Å². The van der Waals surface area contributed by atoms with Crippen molar-refractivity contribution in [3.8, 4) is 17.6 Å². The second kappa shape index (κ2) is 9.57. The Bertz CT molecular complexity index is 1590. The average Bonchev–Trinajstić information content (AvgIpc) is 3.48. The van der Waals surface area contributed by atoms with Crippen LogP contribution in [-0.2, 0) is 23.1 Å². The predicted molar refractivity (Wildman–Crippen MR) is 133 cm³/mol. The number of nitriles is 1. The SMILES string of the molecule is N#Cc1ccc(-n2nc3c(c2C(=O)NCC2(O)COC2)C(=O)N[C@@]2(CCc4cc(OCC(F)(F)F)ccc42)C3)nc1. The maximum absolute atomic E-state index is 13.6. The van der Waals surface area contributed by atoms with Crippen molar-refractivity contribution in [1.29, 1.82) is 5.26 Å². The fourth-order valence-corrected chi connectivity index (χ4v) is 5.45. The van der Waals surface area contributed by atoms with E-state index in [1.807, 2.05) is 6.07 Å². The van der Waals surface area contributed by atoms with Gasteiger partial charge in [-0.2, -0.15) is 23.5 Å². The molecule has 3 N–H and O–H groups in total. The second-order valence-corrected chi connectivity index (χ2v) is 10.4. The largest absolute Gasteiger partial charge is 0.484 e. The molecule has 1 aromatic carbocycles. The number of nitrogens with zero attached hydrogens (tertiary/aromatic N) is 4. The highest BCUT2D eigenvalue weighted by atomic mass is 19.4. The lowest BCUT2D eigenvalue weighted by Crippen LogP contribution is -2.57. The monoisotopic (exact) mass is 568 g/mol. The number of ether oxygens (including phenoxy) is 2. The second-order valence-electron chi connectivity index (χ2n) is 10.4. The summed E-state index contributed by atoms with van der Waals surface area (Å²) in [7, 11) is 0. The van der Waals surface area contributed by atoms with E-state index in [4.69, 9.17) is 14.7 Å². The summed E-state index contributed by atoms with van der Waals surface area (Å²) in [5.41, 5.74) is -0.0167. The molecule has 6 rings (SSSR count). The molecule has 4 heterocycles. The molecule has 212 valence electrons. The van der Waals surface area contributed by atoms with Crippen molar-refractivity contribution in [1.82, 2.24) is 25.4 Å². The van der Waals surface area contributed by atoms with Crippen LogP contribution in [0.3, 0.4) is 0 Å². The molecule has 11 nitrogen and oxygen atoms in total. The van der Waals surface area contributed by atoms with Gasteiger partial charge in [0.25, 0.3) is 11.8 Å². The zero-order chi connectivity index (χ0) is 29.0. The van der Waals surface area contributed by atoms with E-state index >= 15 is 0 Å². The van der Waals surface area contributed by atoms with Crippen LogP contribution in [0.5, 0.6) is 5.75 Å². The van der Waals surface area contributed by atoms with Crippen molar-refractivity contribution in [2.24, 2.45) is 0 Å². The molecular weight excluding hydrogens is 545 g/mol. The van der Waals surface area contributed by atoms with Crippen molar-refractivity contribution in [3.05, 3.63) is 70.2 Å². The first-order valence-corrected chi connectivity index (χ1v) is 12.7. The minimum atomic E-state index is -4.47. The Kier molecular flexibility index (Phi) is 6.24. The van der Waals surface area contributed by atoms with Crippen molar-refractivity contribution in [2.75, 3.05) is 26.4 Å². The van der Waals surface area contributed by atoms with Crippen LogP contribution < -0.4 is 15.4 Å². The molecule has 2 aliphatic heterocycles. The maximum atomic E-state index is 13.6. The lowest BCUT2D eigenvalue weighted by atomic mass is 9.82. The number of aromatic nitrogens is 3. The molecule has 1 saturated heterocycles. The fourth-order valence-electron chi connectivity index (χ4n) is 5.45. The van der Waals surface area contributed by atoms with Gasteiger partial charge in [-0.05, 0) is 48.2 Å². The number of fused-ring (bicyclic) bond motifs is 3. The van der Waals surface area contributed by atoms with E-state index in [0.717, 1.165) is 11.1 Å². The first-order valence-electron chi connectivity index (χ1n) is 12.7. The van der Waals surface area contributed by atoms with Crippen LogP contribution in [0.2, 0.25) is 0 Å². The zero-order valence-electron chi connectivity index (χ0n) is 21.4. The summed E-state index contributed by atoms with van der Waals surface area (Å²) in [5.74, 6) is -0.925. The summed E-state index contributed by atoms with van der Waals surface area (Å²) in [6.07, 6.45) is -1.98. The molecular formula is C27H23F3N6O5. The smallest absolute Gasteiger partial charge is 0.422 e. The summed E-state index contributed by atoms with van der Waals surface area (Å²) in [4.78, 5) is 31.3. The highest BCUT2D eigenvalue weighted by Gasteiger charge is 2.47. The Morgan fingerprint density at radius 3 is 2.76 bits per heavy atom. The number of carbonyl (C=O) groups is 2. The Morgan fingerprint density at radius 1 is 1.29 bits per heavy atom. The number of benzene rings is 1. The molecule has 14 heteroatoms. The Balaban J connectivity index is 1.35. The van der Waals surface area contributed by atoms with E-state index in [-0.39, 0.29) is 49.0 Å². The van der Waals surface area contributed by atoms with Gasteiger partial charge in [0, 0.05) is 12.6 Å². The summed E-state index contributed by atoms with van der Waals surface area (Å²) in [5, 5.41) is 29.8. The fraction of sp³-hybridized carbons (Fsp3) is 0.370. The van der Waals surface area contributed by atoms with E-state index in [0.29, 0.717) is 24.1 Å². The molecule has 1 aliphatic carbocycles. The highest BCUT2D eigenvalue weighted by molar-refractivity contribution is 6.08. The number of rotatable bonds is 6. The molecule has 3 aromatic rings. The molecule has 0 radical (unpaired) electrons. The number of amides is 2. The minimum Gasteiger partial charge on any atom is -0.484 e. The van der Waals surface area contributed by atoms with Crippen LogP contribution in [0.25, 0.3) is 5.82 Å². The number of hydrogen-bond acceptors (Lipinski definition) is 8. The normalized spacial score (nSPS) is 20.4. The molecule has 41 heavy (non-hydrogen) atoms. The number of alkyl halides is 3. The van der Waals surface area contributed by atoms with E-state index in [1.54, 1.807) is 12.1 Å². The summed E-state index contributed by atoms with van der Waals surface area (Å²) in [6.45, 7) is -1.39. The zero-order valence-corrected chi connectivity index (χ0v) is 21.4. The average molecular weight is 569 g/mol. The first-order chi connectivity index (χ1) is 19.5. The number of nitrogens with one attached hydrogen (secondary N) is 2. The van der Waals surface area contributed by atoms with Gasteiger partial charge in [-0.1, -0.05) is 6.07 Å². The topological polar surface area (TPSA) is 151 Å². The van der Waals surface area contributed by atoms with Crippen molar-refractivity contribution in [2.45, 2.75) is 36.6 Å². The maximum Gasteiger partial charge on any atom is 0.422 e. The van der Waals surface area contributed by atoms with Crippen LogP contribution in [0.1, 0.15) is 49.7 Å². The summed E-state index contributed by atoms with van der Waals surface area (Å²) in [6, 6.07) is 9.61. The third kappa shape index (κ3) is 4.87. The van der Waals surface area contributed by atoms with E-state index < -0.39 is 35.7 Å². The Hall–Kier alpha value is -4.48. The lowest BCUT2D eigenvalue weighted by molar-refractivity contribution is -0.173. The Morgan fingerprint density at radius 2 is 2.10 bits per heavy atom. The molecule has 1 fully saturated rings. The van der Waals surface area contributed by atoms with Crippen molar-refractivity contribution in [3.63, 3.8) is 0 Å². The third-order valence-electron chi connectivity index (χ3n) is 7.45. The predicted octanol–water partition coefficient (Wildman–Crippen LogP) is 1.70. The number of aliphatic hydroxyl groups is 1. The number of halogens is 3. The van der Waals surface area contributed by atoms with Crippen LogP contribution >= 0.6 is 0 Å². The van der Waals surface area contributed by atoms with Gasteiger partial charge >= 0.3 is 6.18 Å². The number of hydrogen-bond donors (Lipinski definition) is 3. The molecule has 0 unspecified atom stereocenters. The van der Waals surface area contributed by atoms with E-state index in [9.17, 15) is 27.9 Å². The van der Waals surface area contributed by atoms with Gasteiger partial charge in [-0.15, -0.1) is 0 Å². The van der Waals surface area contributed by atoms with E-state index in [2.05, 4.69) is 20.7 Å². The molecule has 2 aromatic heterocycles. The highest BCUT2D eigenvalue weighted by Crippen LogP contribution is 2.44. The minimum absolute atomic E-state index is 0.0507. The van der Waals surface area contributed by atoms with Gasteiger partial charge in [0.2, 0.25) is 0 Å². The Labute approximate surface area is 230 Å². The molecule has 2 amide bonds. The number of aryl methyl sites for hydroxylation is 1. The molecule has 1 spiro atoms. The van der Waals surface area contributed by atoms with Gasteiger partial charge < -0.3 is 25.2 Å². The quantitative estimate of drug-likeness (QED) is 0.407. The van der Waals surface area contributed by atoms with E-state index in [1.165, 1.54) is 29.1 Å². The summed E-state index contributed by atoms with van der Waals surface area (Å²) >= 11 is 0. The van der Waals surface area contributed by atoms with Gasteiger partial charge in [0.15, 0.2) is 12.4 Å². The van der Waals surface area contributed by atoms with Crippen molar-refractivity contribution >= 4 is 11.8 Å². The van der Waals surface area contributed by atoms with Crippen LogP contribution in [0.15, 0.2) is 36.5 Å². The third-order valence-corrected chi connectivity index (χ3v) is 7.45. The first kappa shape index (κ1) is 26.7. The number of pyridine rings is 1. The number of carbonyl (C=O) groups excluding carboxylic acids is 2. The van der Waals surface area contributed by atoms with Gasteiger partial charge in [-0.3, -0.25) is 9.59 Å². The van der Waals surface area contributed by atoms with Gasteiger partial charge in [-0.25, -0.2) is 9.67 Å². The molecule has 1 atom stereocenters. The lowest BCUT2D eigenvalue weighted by Gasteiger charge is -2.36. The van der Waals surface area contributed by atoms with Gasteiger partial charge in [0.05, 0.1) is 42.1 Å².